The van der Waals surface area contributed by atoms with E-state index >= 15 is 0 Å². The number of halogens is 1. The van der Waals surface area contributed by atoms with Gasteiger partial charge in [0, 0.05) is 16.4 Å². The molecule has 15 heavy (non-hydrogen) atoms. The molecule has 0 aliphatic carbocycles. The van der Waals surface area contributed by atoms with Crippen molar-refractivity contribution in [2.45, 2.75) is 13.8 Å². The van der Waals surface area contributed by atoms with Gasteiger partial charge in [-0.15, -0.1) is 0 Å². The van der Waals surface area contributed by atoms with Crippen molar-refractivity contribution >= 4 is 27.6 Å². The molecule has 0 heterocycles. The number of amides is 2. The van der Waals surface area contributed by atoms with E-state index in [4.69, 9.17) is 0 Å². The summed E-state index contributed by atoms with van der Waals surface area (Å²) < 4.78 is 0.984. The summed E-state index contributed by atoms with van der Waals surface area (Å²) in [6.07, 6.45) is 1.66. The van der Waals surface area contributed by atoms with Gasteiger partial charge in [0.05, 0.1) is 0 Å². The van der Waals surface area contributed by atoms with Gasteiger partial charge in [0.2, 0.25) is 0 Å². The highest BCUT2D eigenvalue weighted by molar-refractivity contribution is 9.10. The Morgan fingerprint density at radius 1 is 1.27 bits per heavy atom. The molecule has 4 heteroatoms. The van der Waals surface area contributed by atoms with E-state index in [1.807, 2.05) is 38.1 Å². The van der Waals surface area contributed by atoms with E-state index in [1.165, 1.54) is 0 Å². The van der Waals surface area contributed by atoms with Gasteiger partial charge in [-0.3, -0.25) is 0 Å². The fraction of sp³-hybridized carbons (Fsp3) is 0.182. The molecule has 80 valence electrons. The molecule has 0 aliphatic rings. The Balaban J connectivity index is 2.51. The highest BCUT2D eigenvalue weighted by atomic mass is 79.9. The Kier molecular flexibility index (Phi) is 4.37. The Morgan fingerprint density at radius 2 is 1.87 bits per heavy atom. The molecule has 0 aliphatic heterocycles. The summed E-state index contributed by atoms with van der Waals surface area (Å²) in [6.45, 7) is 3.83. The maximum absolute atomic E-state index is 11.3. The molecule has 1 aromatic rings. The number of urea groups is 1. The van der Waals surface area contributed by atoms with Gasteiger partial charge in [-0.1, -0.05) is 21.5 Å². The molecule has 1 aromatic carbocycles. The van der Waals surface area contributed by atoms with Crippen LogP contribution >= 0.6 is 15.9 Å². The standard InChI is InChI=1S/C11H13BrN2O/c1-8(2)7-13-11(15)14-10-5-3-9(12)4-6-10/h3-7H,1-2H3,(H2,13,14,15). The van der Waals surface area contributed by atoms with Crippen LogP contribution in [0.4, 0.5) is 10.5 Å². The average molecular weight is 269 g/mol. The zero-order valence-corrected chi connectivity index (χ0v) is 10.3. The van der Waals surface area contributed by atoms with Crippen LogP contribution in [0.3, 0.4) is 0 Å². The molecule has 1 rings (SSSR count). The SMILES string of the molecule is CC(C)=CNC(=O)Nc1ccc(Br)cc1. The average Bonchev–Trinajstić information content (AvgIpc) is 2.19. The summed E-state index contributed by atoms with van der Waals surface area (Å²) >= 11 is 3.32. The first kappa shape index (κ1) is 11.8. The monoisotopic (exact) mass is 268 g/mol. The van der Waals surface area contributed by atoms with Crippen molar-refractivity contribution < 1.29 is 4.79 Å². The minimum Gasteiger partial charge on any atom is -0.314 e. The van der Waals surface area contributed by atoms with Crippen LogP contribution in [0.1, 0.15) is 13.8 Å². The van der Waals surface area contributed by atoms with Crippen molar-refractivity contribution in [3.8, 4) is 0 Å². The van der Waals surface area contributed by atoms with E-state index in [1.54, 1.807) is 6.20 Å². The van der Waals surface area contributed by atoms with Gasteiger partial charge in [-0.2, -0.15) is 0 Å². The zero-order chi connectivity index (χ0) is 11.3. The number of rotatable bonds is 2. The van der Waals surface area contributed by atoms with E-state index in [0.29, 0.717) is 0 Å². The van der Waals surface area contributed by atoms with Crippen molar-refractivity contribution in [3.63, 3.8) is 0 Å². The van der Waals surface area contributed by atoms with Crippen LogP contribution in [-0.4, -0.2) is 6.03 Å². The first-order valence-corrected chi connectivity index (χ1v) is 5.33. The Morgan fingerprint density at radius 3 is 2.40 bits per heavy atom. The summed E-state index contributed by atoms with van der Waals surface area (Å²) in [6, 6.07) is 7.16. The molecule has 0 bridgehead atoms. The molecule has 0 saturated carbocycles. The van der Waals surface area contributed by atoms with Gasteiger partial charge in [0.15, 0.2) is 0 Å². The van der Waals surface area contributed by atoms with Crippen LogP contribution in [0.25, 0.3) is 0 Å². The van der Waals surface area contributed by atoms with Crippen LogP contribution in [0.2, 0.25) is 0 Å². The smallest absolute Gasteiger partial charge is 0.314 e. The second-order valence-corrected chi connectivity index (χ2v) is 4.24. The lowest BCUT2D eigenvalue weighted by Gasteiger charge is -2.04. The lowest BCUT2D eigenvalue weighted by atomic mass is 10.3. The van der Waals surface area contributed by atoms with Crippen LogP contribution in [-0.2, 0) is 0 Å². The normalized spacial score (nSPS) is 9.27. The maximum atomic E-state index is 11.3. The molecule has 0 spiro atoms. The quantitative estimate of drug-likeness (QED) is 0.847. The molecule has 2 amide bonds. The molecule has 0 atom stereocenters. The molecular weight excluding hydrogens is 256 g/mol. The zero-order valence-electron chi connectivity index (χ0n) is 8.67. The number of benzene rings is 1. The fourth-order valence-corrected chi connectivity index (χ4v) is 1.17. The molecule has 2 N–H and O–H groups in total. The molecule has 3 nitrogen and oxygen atoms in total. The van der Waals surface area contributed by atoms with Gasteiger partial charge >= 0.3 is 6.03 Å². The number of anilines is 1. The third-order valence-electron chi connectivity index (χ3n) is 1.59. The van der Waals surface area contributed by atoms with Crippen molar-refractivity contribution in [1.29, 1.82) is 0 Å². The van der Waals surface area contributed by atoms with Crippen molar-refractivity contribution in [2.24, 2.45) is 0 Å². The highest BCUT2D eigenvalue weighted by Crippen LogP contribution is 2.13. The predicted molar refractivity (Wildman–Crippen MR) is 65.7 cm³/mol. The third-order valence-corrected chi connectivity index (χ3v) is 2.12. The van der Waals surface area contributed by atoms with Crippen LogP contribution in [0.15, 0.2) is 40.5 Å². The second kappa shape index (κ2) is 5.56. The number of hydrogen-bond acceptors (Lipinski definition) is 1. The largest absolute Gasteiger partial charge is 0.323 e. The van der Waals surface area contributed by atoms with E-state index in [2.05, 4.69) is 26.6 Å². The Hall–Kier alpha value is -1.29. The summed E-state index contributed by atoms with van der Waals surface area (Å²) in [5.74, 6) is 0. The Labute approximate surface area is 97.7 Å². The Bertz CT molecular complexity index is 367. The van der Waals surface area contributed by atoms with Crippen molar-refractivity contribution in [1.82, 2.24) is 5.32 Å². The summed E-state index contributed by atoms with van der Waals surface area (Å²) in [7, 11) is 0. The number of carbonyl (C=O) groups is 1. The van der Waals surface area contributed by atoms with Gasteiger partial charge in [0.25, 0.3) is 0 Å². The molecule has 0 saturated heterocycles. The summed E-state index contributed by atoms with van der Waals surface area (Å²) in [5, 5.41) is 5.33. The molecule has 0 radical (unpaired) electrons. The number of allylic oxidation sites excluding steroid dienone is 1. The topological polar surface area (TPSA) is 41.1 Å². The summed E-state index contributed by atoms with van der Waals surface area (Å²) in [5.41, 5.74) is 1.80. The molecule has 0 unspecified atom stereocenters. The number of carbonyl (C=O) groups excluding carboxylic acids is 1. The number of nitrogens with one attached hydrogen (secondary N) is 2. The highest BCUT2D eigenvalue weighted by Gasteiger charge is 1.98. The first-order valence-electron chi connectivity index (χ1n) is 4.54. The summed E-state index contributed by atoms with van der Waals surface area (Å²) in [4.78, 5) is 11.3. The predicted octanol–water partition coefficient (Wildman–Crippen LogP) is 3.49. The van der Waals surface area contributed by atoms with E-state index in [0.717, 1.165) is 15.7 Å². The van der Waals surface area contributed by atoms with Crippen LogP contribution in [0.5, 0.6) is 0 Å². The van der Waals surface area contributed by atoms with E-state index in [-0.39, 0.29) is 6.03 Å². The van der Waals surface area contributed by atoms with Crippen LogP contribution in [0, 0.1) is 0 Å². The molecule has 0 fully saturated rings. The van der Waals surface area contributed by atoms with Gasteiger partial charge < -0.3 is 10.6 Å². The van der Waals surface area contributed by atoms with Gasteiger partial charge in [-0.05, 0) is 38.1 Å². The second-order valence-electron chi connectivity index (χ2n) is 3.33. The van der Waals surface area contributed by atoms with Crippen LogP contribution < -0.4 is 10.6 Å². The molecular formula is C11H13BrN2O. The lowest BCUT2D eigenvalue weighted by Crippen LogP contribution is -2.24. The van der Waals surface area contributed by atoms with E-state index < -0.39 is 0 Å². The van der Waals surface area contributed by atoms with Gasteiger partial charge in [0.1, 0.15) is 0 Å². The lowest BCUT2D eigenvalue weighted by molar-refractivity contribution is 0.255. The molecule has 0 aromatic heterocycles. The van der Waals surface area contributed by atoms with Crippen molar-refractivity contribution in [3.05, 3.63) is 40.5 Å². The van der Waals surface area contributed by atoms with Crippen molar-refractivity contribution in [2.75, 3.05) is 5.32 Å². The van der Waals surface area contributed by atoms with Gasteiger partial charge in [-0.25, -0.2) is 4.79 Å². The maximum Gasteiger partial charge on any atom is 0.323 e. The third kappa shape index (κ3) is 4.65. The minimum absolute atomic E-state index is 0.237. The number of hydrogen-bond donors (Lipinski definition) is 2. The minimum atomic E-state index is -0.237. The van der Waals surface area contributed by atoms with E-state index in [9.17, 15) is 4.79 Å². The first-order chi connectivity index (χ1) is 7.08. The fourth-order valence-electron chi connectivity index (χ4n) is 0.910.